The van der Waals surface area contributed by atoms with Gasteiger partial charge in [-0.05, 0) is 23.9 Å². The normalized spacial score (nSPS) is 21.1. The third kappa shape index (κ3) is 3.52. The number of nitrogens with zero attached hydrogens (tertiary/aromatic N) is 2. The Morgan fingerprint density at radius 1 is 1.24 bits per heavy atom. The first-order chi connectivity index (χ1) is 13.5. The lowest BCUT2D eigenvalue weighted by Crippen LogP contribution is -2.59. The van der Waals surface area contributed by atoms with Crippen molar-refractivity contribution in [3.63, 3.8) is 0 Å². The van der Waals surface area contributed by atoms with Gasteiger partial charge in [0.05, 0.1) is 24.0 Å². The van der Waals surface area contributed by atoms with Gasteiger partial charge < -0.3 is 20.4 Å². The lowest BCUT2D eigenvalue weighted by Gasteiger charge is -2.44. The number of nitro benzene ring substituents is 1. The van der Waals surface area contributed by atoms with E-state index in [1.807, 2.05) is 0 Å². The van der Waals surface area contributed by atoms with E-state index in [1.54, 1.807) is 0 Å². The standard InChI is InChI=1S/C17H20N4O7S/c1-10(18)17-12(20(22)23)5-4-6-13(17)21(24)9-11-7-14(27-2)15(28-3)8-16(11)29(25,26)19-21/h4-8,10,19H,9,18H2,1-3H3. The van der Waals surface area contributed by atoms with Crippen LogP contribution in [0.3, 0.4) is 0 Å². The molecule has 156 valence electrons. The van der Waals surface area contributed by atoms with Crippen LogP contribution in [0, 0.1) is 15.3 Å². The summed E-state index contributed by atoms with van der Waals surface area (Å²) in [5.74, 6) is 0.440. The zero-order valence-electron chi connectivity index (χ0n) is 15.9. The van der Waals surface area contributed by atoms with Crippen molar-refractivity contribution < 1.29 is 22.8 Å². The molecule has 0 fully saturated rings. The smallest absolute Gasteiger partial charge is 0.283 e. The van der Waals surface area contributed by atoms with Crippen molar-refractivity contribution in [3.8, 4) is 11.5 Å². The Morgan fingerprint density at radius 3 is 2.41 bits per heavy atom. The maximum Gasteiger partial charge on any atom is 0.283 e. The van der Waals surface area contributed by atoms with E-state index in [1.165, 1.54) is 51.5 Å². The van der Waals surface area contributed by atoms with Crippen LogP contribution in [0.5, 0.6) is 11.5 Å². The summed E-state index contributed by atoms with van der Waals surface area (Å²) in [6, 6.07) is 5.64. The molecule has 0 aromatic heterocycles. The maximum absolute atomic E-state index is 13.7. The van der Waals surface area contributed by atoms with Gasteiger partial charge in [-0.25, -0.2) is 13.2 Å². The molecule has 3 rings (SSSR count). The van der Waals surface area contributed by atoms with Gasteiger partial charge in [-0.1, -0.05) is 0 Å². The molecular formula is C17H20N4O7S. The summed E-state index contributed by atoms with van der Waals surface area (Å²) >= 11 is 0. The molecule has 2 unspecified atom stereocenters. The van der Waals surface area contributed by atoms with E-state index < -0.39 is 25.7 Å². The van der Waals surface area contributed by atoms with Gasteiger partial charge in [-0.2, -0.15) is 0 Å². The molecule has 12 heteroatoms. The van der Waals surface area contributed by atoms with Crippen molar-refractivity contribution in [1.29, 1.82) is 0 Å². The van der Waals surface area contributed by atoms with Crippen LogP contribution >= 0.6 is 0 Å². The first-order valence-electron chi connectivity index (χ1n) is 8.45. The van der Waals surface area contributed by atoms with Crippen molar-refractivity contribution in [2.24, 2.45) is 5.73 Å². The molecule has 1 heterocycles. The molecule has 11 nitrogen and oxygen atoms in total. The van der Waals surface area contributed by atoms with Crippen LogP contribution in [0.1, 0.15) is 24.1 Å². The summed E-state index contributed by atoms with van der Waals surface area (Å²) in [4.78, 5) is 12.7. The molecule has 0 saturated heterocycles. The van der Waals surface area contributed by atoms with E-state index in [2.05, 4.69) is 4.83 Å². The summed E-state index contributed by atoms with van der Waals surface area (Å²) in [5, 5.41) is 25.1. The van der Waals surface area contributed by atoms with Gasteiger partial charge in [0.25, 0.3) is 15.7 Å². The lowest BCUT2D eigenvalue weighted by molar-refractivity contribution is -0.385. The minimum absolute atomic E-state index is 0.0425. The van der Waals surface area contributed by atoms with E-state index in [4.69, 9.17) is 15.2 Å². The Bertz CT molecular complexity index is 1090. The molecule has 2 aromatic carbocycles. The predicted molar refractivity (Wildman–Crippen MR) is 104 cm³/mol. The van der Waals surface area contributed by atoms with Crippen LogP contribution < -0.4 is 24.8 Å². The highest BCUT2D eigenvalue weighted by Gasteiger charge is 2.41. The largest absolute Gasteiger partial charge is 0.605 e. The fourth-order valence-electron chi connectivity index (χ4n) is 3.41. The molecule has 0 radical (unpaired) electrons. The predicted octanol–water partition coefficient (Wildman–Crippen LogP) is 1.84. The second-order valence-corrected chi connectivity index (χ2v) is 8.19. The number of nitrogens with two attached hydrogens (primary N) is 1. The number of ether oxygens (including phenoxy) is 2. The molecule has 0 aliphatic carbocycles. The van der Waals surface area contributed by atoms with Crippen molar-refractivity contribution in [2.45, 2.75) is 24.4 Å². The Labute approximate surface area is 167 Å². The average molecular weight is 424 g/mol. The van der Waals surface area contributed by atoms with E-state index in [0.717, 1.165) is 0 Å². The molecule has 0 spiro atoms. The van der Waals surface area contributed by atoms with Gasteiger partial charge in [0.15, 0.2) is 17.2 Å². The third-order valence-corrected chi connectivity index (χ3v) is 6.11. The minimum Gasteiger partial charge on any atom is -0.605 e. The second-order valence-electron chi connectivity index (χ2n) is 6.56. The molecule has 0 bridgehead atoms. The molecule has 0 saturated carbocycles. The molecule has 3 N–H and O–H groups in total. The molecule has 1 aliphatic heterocycles. The lowest BCUT2D eigenvalue weighted by atomic mass is 10.0. The number of nitro groups is 1. The van der Waals surface area contributed by atoms with Crippen molar-refractivity contribution >= 4 is 21.4 Å². The fourth-order valence-corrected chi connectivity index (χ4v) is 4.79. The molecule has 1 aliphatic rings. The van der Waals surface area contributed by atoms with Gasteiger partial charge in [-0.3, -0.25) is 10.1 Å². The van der Waals surface area contributed by atoms with Crippen molar-refractivity contribution in [2.75, 3.05) is 14.2 Å². The molecule has 0 amide bonds. The SMILES string of the molecule is COc1cc2c(cc1OC)S(=O)(=O)N[N+]([O-])(c1cccc([N+](=O)[O-])c1C(C)N)C2. The summed E-state index contributed by atoms with van der Waals surface area (Å²) in [5.41, 5.74) is 5.52. The fraction of sp³-hybridized carbons (Fsp3) is 0.294. The number of benzene rings is 2. The summed E-state index contributed by atoms with van der Waals surface area (Å²) in [6.45, 7) is 1.12. The average Bonchev–Trinajstić information content (AvgIpc) is 2.65. The van der Waals surface area contributed by atoms with E-state index in [9.17, 15) is 23.7 Å². The van der Waals surface area contributed by atoms with Crippen molar-refractivity contribution in [1.82, 2.24) is 9.59 Å². The summed E-state index contributed by atoms with van der Waals surface area (Å²) in [6.07, 6.45) is 0. The first-order valence-corrected chi connectivity index (χ1v) is 9.94. The second kappa shape index (κ2) is 7.24. The number of quaternary nitrogens is 1. The molecule has 2 aromatic rings. The number of rotatable bonds is 5. The number of fused-ring (bicyclic) bond motifs is 1. The highest BCUT2D eigenvalue weighted by Crippen LogP contribution is 2.42. The molecule has 29 heavy (non-hydrogen) atoms. The van der Waals surface area contributed by atoms with Crippen molar-refractivity contribution in [3.05, 3.63) is 56.8 Å². The summed E-state index contributed by atoms with van der Waals surface area (Å²) < 4.78 is 34.4. The van der Waals surface area contributed by atoms with Gasteiger partial charge in [-0.15, -0.1) is 0 Å². The number of methoxy groups -OCH3 is 2. The number of hydrogen-bond donors (Lipinski definition) is 2. The quantitative estimate of drug-likeness (QED) is 0.319. The van der Waals surface area contributed by atoms with Crippen LogP contribution in [0.4, 0.5) is 11.4 Å². The van der Waals surface area contributed by atoms with Crippen LogP contribution in [-0.4, -0.2) is 27.6 Å². The van der Waals surface area contributed by atoms with Gasteiger partial charge in [0.2, 0.25) is 0 Å². The Kier molecular flexibility index (Phi) is 5.23. The summed E-state index contributed by atoms with van der Waals surface area (Å²) in [7, 11) is -1.52. The maximum atomic E-state index is 13.7. The number of sulfonamides is 1. The van der Waals surface area contributed by atoms with E-state index in [0.29, 0.717) is 0 Å². The zero-order valence-corrected chi connectivity index (χ0v) is 16.7. The minimum atomic E-state index is -4.27. The zero-order chi connectivity index (χ0) is 21.6. The Morgan fingerprint density at radius 2 is 1.86 bits per heavy atom. The Balaban J connectivity index is 2.25. The first kappa shape index (κ1) is 21.0. The number of hydroxylamine groups is 1. The van der Waals surface area contributed by atoms with Crippen LogP contribution in [0.25, 0.3) is 0 Å². The van der Waals surface area contributed by atoms with E-state index in [-0.39, 0.29) is 45.4 Å². The van der Waals surface area contributed by atoms with Gasteiger partial charge in [0, 0.05) is 29.8 Å². The van der Waals surface area contributed by atoms with Gasteiger partial charge in [0.1, 0.15) is 12.1 Å². The third-order valence-electron chi connectivity index (χ3n) is 4.62. The highest BCUT2D eigenvalue weighted by molar-refractivity contribution is 7.89. The van der Waals surface area contributed by atoms with Crippen LogP contribution in [-0.2, 0) is 16.6 Å². The van der Waals surface area contributed by atoms with Crippen LogP contribution in [0.15, 0.2) is 35.2 Å². The van der Waals surface area contributed by atoms with Gasteiger partial charge >= 0.3 is 0 Å². The Hall–Kier alpha value is -2.77. The highest BCUT2D eigenvalue weighted by atomic mass is 32.2. The topological polar surface area (TPSA) is 157 Å². The molecular weight excluding hydrogens is 404 g/mol. The molecule has 2 atom stereocenters. The van der Waals surface area contributed by atoms with Crippen LogP contribution in [0.2, 0.25) is 0 Å². The monoisotopic (exact) mass is 424 g/mol. The number of hydrogen-bond acceptors (Lipinski definition) is 8. The van der Waals surface area contributed by atoms with E-state index >= 15 is 0 Å². The number of nitrogens with one attached hydrogen (secondary N) is 1.